The highest BCUT2D eigenvalue weighted by molar-refractivity contribution is 6.16. The molecule has 174 valence electrons. The Kier molecular flexibility index (Phi) is 5.75. The van der Waals surface area contributed by atoms with Gasteiger partial charge in [-0.15, -0.1) is 0 Å². The van der Waals surface area contributed by atoms with E-state index in [1.54, 1.807) is 26.4 Å². The number of carbonyl (C=O) groups is 1. The van der Waals surface area contributed by atoms with Crippen molar-refractivity contribution in [1.29, 1.82) is 0 Å². The Labute approximate surface area is 199 Å². The first kappa shape index (κ1) is 22.0. The molecule has 6 nitrogen and oxygen atoms in total. The van der Waals surface area contributed by atoms with E-state index in [1.807, 2.05) is 43.3 Å². The van der Waals surface area contributed by atoms with Crippen LogP contribution in [0.15, 0.2) is 60.4 Å². The minimum Gasteiger partial charge on any atom is -0.497 e. The van der Waals surface area contributed by atoms with Crippen LogP contribution in [-0.2, 0) is 6.54 Å². The number of ether oxygens (including phenoxy) is 4. The molecule has 2 aliphatic heterocycles. The summed E-state index contributed by atoms with van der Waals surface area (Å²) >= 11 is 0. The Balaban J connectivity index is 1.49. The Hall–Kier alpha value is -3.77. The second-order valence-corrected chi connectivity index (χ2v) is 8.53. The average molecular weight is 458 g/mol. The van der Waals surface area contributed by atoms with Crippen LogP contribution < -0.4 is 18.9 Å². The van der Waals surface area contributed by atoms with E-state index in [1.165, 1.54) is 5.56 Å². The van der Waals surface area contributed by atoms with Crippen molar-refractivity contribution in [2.75, 3.05) is 21.0 Å². The van der Waals surface area contributed by atoms with Crippen LogP contribution in [0.25, 0.3) is 6.08 Å². The molecule has 0 aromatic heterocycles. The van der Waals surface area contributed by atoms with Crippen molar-refractivity contribution < 1.29 is 23.7 Å². The third-order valence-electron chi connectivity index (χ3n) is 6.51. The molecule has 0 saturated heterocycles. The van der Waals surface area contributed by atoms with Crippen LogP contribution in [0.5, 0.6) is 23.0 Å². The Morgan fingerprint density at radius 1 is 1.06 bits per heavy atom. The lowest BCUT2D eigenvalue weighted by atomic mass is 9.97. The van der Waals surface area contributed by atoms with Crippen LogP contribution in [0, 0.1) is 6.92 Å². The molecule has 0 spiro atoms. The van der Waals surface area contributed by atoms with Crippen molar-refractivity contribution in [2.45, 2.75) is 26.4 Å². The average Bonchev–Trinajstić information content (AvgIpc) is 3.20. The smallest absolute Gasteiger partial charge is 0.232 e. The van der Waals surface area contributed by atoms with Gasteiger partial charge in [-0.3, -0.25) is 9.69 Å². The van der Waals surface area contributed by atoms with Gasteiger partial charge in [-0.2, -0.15) is 0 Å². The number of allylic oxidation sites excluding steroid dienone is 1. The van der Waals surface area contributed by atoms with E-state index < -0.39 is 0 Å². The summed E-state index contributed by atoms with van der Waals surface area (Å²) in [5, 5.41) is 0. The van der Waals surface area contributed by atoms with Crippen LogP contribution in [-0.4, -0.2) is 31.6 Å². The van der Waals surface area contributed by atoms with Gasteiger partial charge in [0.15, 0.2) is 5.76 Å². The van der Waals surface area contributed by atoms with Gasteiger partial charge in [-0.1, -0.05) is 30.3 Å². The topological polar surface area (TPSA) is 57.2 Å². The monoisotopic (exact) mass is 457 g/mol. The zero-order chi connectivity index (χ0) is 23.8. The van der Waals surface area contributed by atoms with E-state index in [9.17, 15) is 4.79 Å². The molecule has 34 heavy (non-hydrogen) atoms. The molecular formula is C28H27NO5. The standard InChI is InChI=1S/C28H27NO5/c1-17-12-24-22(15-29(16-33-24)18(2)19-8-6-5-7-9-19)28-26(17)27(30)25(34-28)13-20-10-11-21(31-3)14-23(20)32-4/h5-14,18H,15-16H2,1-4H3/b25-13-. The maximum atomic E-state index is 13.4. The normalized spacial score (nSPS) is 16.9. The third kappa shape index (κ3) is 3.80. The first-order chi connectivity index (χ1) is 16.5. The lowest BCUT2D eigenvalue weighted by molar-refractivity contribution is 0.0605. The fourth-order valence-electron chi connectivity index (χ4n) is 4.52. The summed E-state index contributed by atoms with van der Waals surface area (Å²) in [7, 11) is 3.19. The summed E-state index contributed by atoms with van der Waals surface area (Å²) in [6, 6.07) is 17.9. The zero-order valence-electron chi connectivity index (χ0n) is 19.8. The van der Waals surface area contributed by atoms with Gasteiger partial charge in [0.1, 0.15) is 29.7 Å². The summed E-state index contributed by atoms with van der Waals surface area (Å²) in [5.41, 5.74) is 4.28. The van der Waals surface area contributed by atoms with Crippen molar-refractivity contribution >= 4 is 11.9 Å². The number of hydrogen-bond acceptors (Lipinski definition) is 6. The molecule has 5 rings (SSSR count). The quantitative estimate of drug-likeness (QED) is 0.469. The van der Waals surface area contributed by atoms with Crippen molar-refractivity contribution in [3.63, 3.8) is 0 Å². The van der Waals surface area contributed by atoms with Gasteiger partial charge >= 0.3 is 0 Å². The van der Waals surface area contributed by atoms with Crippen molar-refractivity contribution in [3.05, 3.63) is 88.2 Å². The number of aryl methyl sites for hydroxylation is 1. The summed E-state index contributed by atoms with van der Waals surface area (Å²) in [6.07, 6.45) is 1.72. The lowest BCUT2D eigenvalue weighted by Gasteiger charge is -2.34. The molecule has 1 unspecified atom stereocenters. The van der Waals surface area contributed by atoms with E-state index >= 15 is 0 Å². The van der Waals surface area contributed by atoms with E-state index in [2.05, 4.69) is 24.0 Å². The summed E-state index contributed by atoms with van der Waals surface area (Å²) in [6.45, 7) is 5.17. The highest BCUT2D eigenvalue weighted by atomic mass is 16.5. The molecule has 0 aliphatic carbocycles. The Bertz CT molecular complexity index is 1280. The highest BCUT2D eigenvalue weighted by Gasteiger charge is 2.36. The maximum absolute atomic E-state index is 13.4. The van der Waals surface area contributed by atoms with Crippen LogP contribution in [0.2, 0.25) is 0 Å². The molecule has 0 saturated carbocycles. The summed E-state index contributed by atoms with van der Waals surface area (Å²) in [5.74, 6) is 2.76. The Morgan fingerprint density at radius 2 is 1.85 bits per heavy atom. The fraction of sp³-hybridized carbons (Fsp3) is 0.250. The van der Waals surface area contributed by atoms with Gasteiger partial charge < -0.3 is 18.9 Å². The molecule has 0 bridgehead atoms. The van der Waals surface area contributed by atoms with Crippen molar-refractivity contribution in [2.24, 2.45) is 0 Å². The number of benzene rings is 3. The number of ketones is 1. The van der Waals surface area contributed by atoms with Crippen LogP contribution in [0.1, 0.15) is 45.6 Å². The molecule has 0 N–H and O–H groups in total. The van der Waals surface area contributed by atoms with Gasteiger partial charge in [0.25, 0.3) is 0 Å². The third-order valence-corrected chi connectivity index (χ3v) is 6.51. The molecule has 0 amide bonds. The zero-order valence-corrected chi connectivity index (χ0v) is 19.8. The van der Waals surface area contributed by atoms with Gasteiger partial charge in [0.2, 0.25) is 5.78 Å². The number of rotatable bonds is 5. The number of nitrogens with zero attached hydrogens (tertiary/aromatic N) is 1. The molecule has 0 radical (unpaired) electrons. The second kappa shape index (κ2) is 8.88. The van der Waals surface area contributed by atoms with Crippen LogP contribution >= 0.6 is 0 Å². The molecule has 2 heterocycles. The fourth-order valence-corrected chi connectivity index (χ4v) is 4.52. The number of fused-ring (bicyclic) bond motifs is 3. The van der Waals surface area contributed by atoms with Gasteiger partial charge in [0.05, 0.1) is 25.3 Å². The maximum Gasteiger partial charge on any atom is 0.232 e. The minimum atomic E-state index is -0.138. The van der Waals surface area contributed by atoms with E-state index in [0.717, 1.165) is 22.4 Å². The summed E-state index contributed by atoms with van der Waals surface area (Å²) in [4.78, 5) is 15.6. The van der Waals surface area contributed by atoms with E-state index in [-0.39, 0.29) is 17.6 Å². The highest BCUT2D eigenvalue weighted by Crippen LogP contribution is 2.45. The van der Waals surface area contributed by atoms with Gasteiger partial charge in [0, 0.05) is 24.2 Å². The van der Waals surface area contributed by atoms with E-state index in [0.29, 0.717) is 36.1 Å². The van der Waals surface area contributed by atoms with Crippen molar-refractivity contribution in [3.8, 4) is 23.0 Å². The molecule has 3 aromatic rings. The minimum absolute atomic E-state index is 0.138. The lowest BCUT2D eigenvalue weighted by Crippen LogP contribution is -2.34. The largest absolute Gasteiger partial charge is 0.497 e. The predicted molar refractivity (Wildman–Crippen MR) is 130 cm³/mol. The molecule has 6 heteroatoms. The van der Waals surface area contributed by atoms with E-state index in [4.69, 9.17) is 18.9 Å². The Morgan fingerprint density at radius 3 is 2.59 bits per heavy atom. The molecule has 0 fully saturated rings. The predicted octanol–water partition coefficient (Wildman–Crippen LogP) is 5.54. The number of carbonyl (C=O) groups excluding carboxylic acids is 1. The first-order valence-corrected chi connectivity index (χ1v) is 11.2. The molecule has 2 aliphatic rings. The first-order valence-electron chi connectivity index (χ1n) is 11.2. The van der Waals surface area contributed by atoms with Crippen LogP contribution in [0.3, 0.4) is 0 Å². The number of methoxy groups -OCH3 is 2. The number of Topliss-reactive ketones (excluding diaryl/α,β-unsaturated/α-hetero) is 1. The summed E-state index contributed by atoms with van der Waals surface area (Å²) < 4.78 is 23.1. The molecular weight excluding hydrogens is 430 g/mol. The number of hydrogen-bond donors (Lipinski definition) is 0. The molecule has 3 aromatic carbocycles. The second-order valence-electron chi connectivity index (χ2n) is 8.53. The van der Waals surface area contributed by atoms with Crippen LogP contribution in [0.4, 0.5) is 0 Å². The van der Waals surface area contributed by atoms with Gasteiger partial charge in [-0.25, -0.2) is 0 Å². The molecule has 1 atom stereocenters. The van der Waals surface area contributed by atoms with Crippen molar-refractivity contribution in [1.82, 2.24) is 4.90 Å². The van der Waals surface area contributed by atoms with Gasteiger partial charge in [-0.05, 0) is 49.2 Å². The SMILES string of the molecule is COc1ccc(/C=C2\Oc3c4c(cc(C)c3C2=O)OCN(C(C)c2ccccc2)C4)c(OC)c1.